The van der Waals surface area contributed by atoms with Crippen LogP contribution < -0.4 is 0 Å². The highest BCUT2D eigenvalue weighted by molar-refractivity contribution is 5.37. The summed E-state index contributed by atoms with van der Waals surface area (Å²) < 4.78 is 40.9. The monoisotopic (exact) mass is 204 g/mol. The highest BCUT2D eigenvalue weighted by atomic mass is 19.4. The van der Waals surface area contributed by atoms with Crippen LogP contribution >= 0.6 is 0 Å². The molecule has 0 spiro atoms. The summed E-state index contributed by atoms with van der Waals surface area (Å²) in [6.07, 6.45) is -4.36. The molecule has 0 saturated carbocycles. The number of alkyl halides is 3. The standard InChI is InChI=1S/C9H7F3O2/c10-9(11,12)8-3-1-2-7(4-8)5-14-6-13/h1-4,6H,5H2. The van der Waals surface area contributed by atoms with Gasteiger partial charge in [0.1, 0.15) is 6.61 Å². The van der Waals surface area contributed by atoms with Gasteiger partial charge in [-0.25, -0.2) is 0 Å². The SMILES string of the molecule is O=COCc1cccc(C(F)(F)F)c1. The third-order valence-electron chi connectivity index (χ3n) is 1.57. The fourth-order valence-electron chi connectivity index (χ4n) is 0.968. The van der Waals surface area contributed by atoms with Crippen LogP contribution in [0.25, 0.3) is 0 Å². The van der Waals surface area contributed by atoms with Crippen LogP contribution in [0, 0.1) is 0 Å². The molecule has 0 amide bonds. The van der Waals surface area contributed by atoms with Crippen molar-refractivity contribution in [3.05, 3.63) is 35.4 Å². The van der Waals surface area contributed by atoms with E-state index >= 15 is 0 Å². The Morgan fingerprint density at radius 2 is 2.07 bits per heavy atom. The van der Waals surface area contributed by atoms with Crippen molar-refractivity contribution in [1.29, 1.82) is 0 Å². The number of carbonyl (C=O) groups excluding carboxylic acids is 1. The van der Waals surface area contributed by atoms with Gasteiger partial charge in [-0.3, -0.25) is 4.79 Å². The molecule has 0 N–H and O–H groups in total. The number of hydrogen-bond acceptors (Lipinski definition) is 2. The molecule has 0 radical (unpaired) electrons. The molecule has 0 aromatic heterocycles. The quantitative estimate of drug-likeness (QED) is 0.706. The topological polar surface area (TPSA) is 26.3 Å². The van der Waals surface area contributed by atoms with Gasteiger partial charge in [-0.15, -0.1) is 0 Å². The molecule has 0 saturated heterocycles. The summed E-state index contributed by atoms with van der Waals surface area (Å²) in [6, 6.07) is 4.64. The smallest absolute Gasteiger partial charge is 0.416 e. The lowest BCUT2D eigenvalue weighted by atomic mass is 10.1. The number of benzene rings is 1. The normalized spacial score (nSPS) is 11.1. The lowest BCUT2D eigenvalue weighted by Crippen LogP contribution is -2.05. The van der Waals surface area contributed by atoms with Crippen molar-refractivity contribution in [2.45, 2.75) is 12.8 Å². The largest absolute Gasteiger partial charge is 0.463 e. The zero-order valence-electron chi connectivity index (χ0n) is 7.04. The second-order valence-corrected chi connectivity index (χ2v) is 2.61. The van der Waals surface area contributed by atoms with Crippen LogP contribution in [0.15, 0.2) is 24.3 Å². The maximum Gasteiger partial charge on any atom is 0.416 e. The van der Waals surface area contributed by atoms with Gasteiger partial charge < -0.3 is 4.74 Å². The van der Waals surface area contributed by atoms with Gasteiger partial charge in [0, 0.05) is 0 Å². The summed E-state index contributed by atoms with van der Waals surface area (Å²) >= 11 is 0. The molecule has 0 atom stereocenters. The fraction of sp³-hybridized carbons (Fsp3) is 0.222. The van der Waals surface area contributed by atoms with E-state index in [-0.39, 0.29) is 13.1 Å². The number of ether oxygens (including phenoxy) is 1. The molecule has 0 heterocycles. The summed E-state index contributed by atoms with van der Waals surface area (Å²) in [6.45, 7) is 0.0493. The Hall–Kier alpha value is -1.52. The molecule has 1 rings (SSSR count). The third kappa shape index (κ3) is 2.76. The third-order valence-corrected chi connectivity index (χ3v) is 1.57. The van der Waals surface area contributed by atoms with Crippen LogP contribution in [0.2, 0.25) is 0 Å². The predicted molar refractivity (Wildman–Crippen MR) is 42.3 cm³/mol. The van der Waals surface area contributed by atoms with E-state index in [0.717, 1.165) is 12.1 Å². The molecule has 76 valence electrons. The van der Waals surface area contributed by atoms with E-state index in [1.807, 2.05) is 0 Å². The van der Waals surface area contributed by atoms with Crippen molar-refractivity contribution in [1.82, 2.24) is 0 Å². The lowest BCUT2D eigenvalue weighted by Gasteiger charge is -2.07. The first kappa shape index (κ1) is 10.6. The number of rotatable bonds is 3. The molecule has 14 heavy (non-hydrogen) atoms. The summed E-state index contributed by atoms with van der Waals surface area (Å²) in [4.78, 5) is 9.82. The zero-order chi connectivity index (χ0) is 10.6. The highest BCUT2D eigenvalue weighted by Crippen LogP contribution is 2.29. The number of carbonyl (C=O) groups is 1. The molecule has 2 nitrogen and oxygen atoms in total. The average Bonchev–Trinajstić information content (AvgIpc) is 2.14. The fourth-order valence-corrected chi connectivity index (χ4v) is 0.968. The Morgan fingerprint density at radius 1 is 1.36 bits per heavy atom. The van der Waals surface area contributed by atoms with Crippen molar-refractivity contribution in [3.63, 3.8) is 0 Å². The van der Waals surface area contributed by atoms with E-state index < -0.39 is 11.7 Å². The first-order valence-electron chi connectivity index (χ1n) is 3.75. The minimum Gasteiger partial charge on any atom is -0.463 e. The molecule has 5 heteroatoms. The summed E-state index contributed by atoms with van der Waals surface area (Å²) in [5.74, 6) is 0. The molecule has 0 bridgehead atoms. The van der Waals surface area contributed by atoms with Gasteiger partial charge in [0.2, 0.25) is 0 Å². The zero-order valence-corrected chi connectivity index (χ0v) is 7.04. The Kier molecular flexibility index (Phi) is 3.11. The molecule has 1 aromatic carbocycles. The molecule has 0 fully saturated rings. The maximum atomic E-state index is 12.2. The van der Waals surface area contributed by atoms with E-state index in [2.05, 4.69) is 4.74 Å². The van der Waals surface area contributed by atoms with E-state index in [0.29, 0.717) is 5.56 Å². The van der Waals surface area contributed by atoms with Gasteiger partial charge in [-0.2, -0.15) is 13.2 Å². The minimum absolute atomic E-state index is 0.145. The van der Waals surface area contributed by atoms with Gasteiger partial charge in [0.05, 0.1) is 5.56 Å². The van der Waals surface area contributed by atoms with Gasteiger partial charge in [-0.1, -0.05) is 12.1 Å². The molecule has 0 aliphatic carbocycles. The Bertz CT molecular complexity index is 320. The average molecular weight is 204 g/mol. The van der Waals surface area contributed by atoms with Crippen molar-refractivity contribution >= 4 is 6.47 Å². The van der Waals surface area contributed by atoms with Gasteiger partial charge in [-0.05, 0) is 17.7 Å². The molecule has 0 unspecified atom stereocenters. The van der Waals surface area contributed by atoms with Gasteiger partial charge >= 0.3 is 6.18 Å². The number of halogens is 3. The molecular formula is C9H7F3O2. The summed E-state index contributed by atoms with van der Waals surface area (Å²) in [5.41, 5.74) is -0.434. The van der Waals surface area contributed by atoms with E-state index in [9.17, 15) is 18.0 Å². The van der Waals surface area contributed by atoms with Crippen molar-refractivity contribution in [2.24, 2.45) is 0 Å². The second-order valence-electron chi connectivity index (χ2n) is 2.61. The van der Waals surface area contributed by atoms with E-state index in [4.69, 9.17) is 0 Å². The molecule has 0 aliphatic heterocycles. The van der Waals surface area contributed by atoms with E-state index in [1.165, 1.54) is 12.1 Å². The Balaban J connectivity index is 2.84. The highest BCUT2D eigenvalue weighted by Gasteiger charge is 2.30. The molecule has 0 aliphatic rings. The molecule has 1 aromatic rings. The van der Waals surface area contributed by atoms with Crippen LogP contribution in [0.5, 0.6) is 0 Å². The minimum atomic E-state index is -4.36. The van der Waals surface area contributed by atoms with Crippen LogP contribution in [0.4, 0.5) is 13.2 Å². The Morgan fingerprint density at radius 3 is 2.64 bits per heavy atom. The first-order valence-corrected chi connectivity index (χ1v) is 3.75. The molecular weight excluding hydrogens is 197 g/mol. The van der Waals surface area contributed by atoms with Crippen LogP contribution in [0.3, 0.4) is 0 Å². The summed E-state index contributed by atoms with van der Waals surface area (Å²) in [7, 11) is 0. The van der Waals surface area contributed by atoms with Crippen molar-refractivity contribution in [3.8, 4) is 0 Å². The van der Waals surface area contributed by atoms with Crippen LogP contribution in [0.1, 0.15) is 11.1 Å². The van der Waals surface area contributed by atoms with Crippen LogP contribution in [-0.4, -0.2) is 6.47 Å². The summed E-state index contributed by atoms with van der Waals surface area (Å²) in [5, 5.41) is 0. The van der Waals surface area contributed by atoms with Crippen LogP contribution in [-0.2, 0) is 22.3 Å². The first-order chi connectivity index (χ1) is 6.54. The maximum absolute atomic E-state index is 12.2. The van der Waals surface area contributed by atoms with Gasteiger partial charge in [0.15, 0.2) is 0 Å². The van der Waals surface area contributed by atoms with Crippen molar-refractivity contribution < 1.29 is 22.7 Å². The number of hydrogen-bond donors (Lipinski definition) is 0. The van der Waals surface area contributed by atoms with Gasteiger partial charge in [0.25, 0.3) is 6.47 Å². The predicted octanol–water partition coefficient (Wildman–Crippen LogP) is 2.38. The van der Waals surface area contributed by atoms with Crippen molar-refractivity contribution in [2.75, 3.05) is 0 Å². The second kappa shape index (κ2) is 4.13. The Labute approximate surface area is 78.3 Å². The van der Waals surface area contributed by atoms with E-state index in [1.54, 1.807) is 0 Å². The lowest BCUT2D eigenvalue weighted by molar-refractivity contribution is -0.137.